The summed E-state index contributed by atoms with van der Waals surface area (Å²) >= 11 is 0. The quantitative estimate of drug-likeness (QED) is 0.173. The summed E-state index contributed by atoms with van der Waals surface area (Å²) in [5, 5.41) is 18.4. The van der Waals surface area contributed by atoms with Crippen molar-refractivity contribution in [1.82, 2.24) is 16.0 Å². The smallest absolute Gasteiger partial charge is 0.322 e. The molecule has 0 saturated carbocycles. The number of nitrogens with two attached hydrogens (primary N) is 1. The van der Waals surface area contributed by atoms with E-state index >= 15 is 0 Å². The Morgan fingerprint density at radius 3 is 2.32 bits per heavy atom. The van der Waals surface area contributed by atoms with E-state index in [1.54, 1.807) is 14.2 Å². The molecule has 10 nitrogen and oxygen atoms in total. The maximum atomic E-state index is 12.9. The third-order valence-corrected chi connectivity index (χ3v) is 8.05. The molecule has 0 aromatic heterocycles. The Morgan fingerprint density at radius 1 is 1.10 bits per heavy atom. The number of rotatable bonds is 17. The Morgan fingerprint density at radius 2 is 1.78 bits per heavy atom. The zero-order chi connectivity index (χ0) is 30.0. The van der Waals surface area contributed by atoms with Gasteiger partial charge in [0.25, 0.3) is 5.91 Å². The number of imide groups is 1. The highest BCUT2D eigenvalue weighted by atomic mass is 35.5. The van der Waals surface area contributed by atoms with Gasteiger partial charge in [0, 0.05) is 25.6 Å². The summed E-state index contributed by atoms with van der Waals surface area (Å²) in [4.78, 5) is 36.0. The highest BCUT2D eigenvalue weighted by Gasteiger charge is 2.33. The number of carbonyl (C=O) groups is 3. The molecule has 0 radical (unpaired) electrons. The van der Waals surface area contributed by atoms with E-state index in [9.17, 15) is 19.5 Å². The molecule has 1 saturated heterocycles. The largest absolute Gasteiger partial charge is 0.496 e. The minimum Gasteiger partial charge on any atom is -0.496 e. The van der Waals surface area contributed by atoms with Crippen molar-refractivity contribution in [2.75, 3.05) is 20.8 Å². The van der Waals surface area contributed by atoms with Crippen LogP contribution in [0.25, 0.3) is 0 Å². The van der Waals surface area contributed by atoms with Crippen molar-refractivity contribution >= 4 is 30.3 Å². The van der Waals surface area contributed by atoms with Crippen LogP contribution in [0.4, 0.5) is 4.79 Å². The Bertz CT molecular complexity index is 992. The summed E-state index contributed by atoms with van der Waals surface area (Å²) in [6.45, 7) is 10.2. The van der Waals surface area contributed by atoms with Gasteiger partial charge in [-0.25, -0.2) is 4.79 Å². The van der Waals surface area contributed by atoms with E-state index in [1.807, 2.05) is 19.9 Å². The molecule has 11 heteroatoms. The molecule has 41 heavy (non-hydrogen) atoms. The first-order valence-electron chi connectivity index (χ1n) is 14.4. The molecule has 6 atom stereocenters. The number of aliphatic hydroxyl groups excluding tert-OH is 1. The Kier molecular flexibility index (Phi) is 15.7. The number of nitrogens with one attached hydrogen (secondary N) is 3. The normalized spacial score (nSPS) is 18.7. The average molecular weight is 599 g/mol. The second-order valence-corrected chi connectivity index (χ2v) is 11.8. The van der Waals surface area contributed by atoms with Gasteiger partial charge in [-0.2, -0.15) is 0 Å². The van der Waals surface area contributed by atoms with Gasteiger partial charge in [0.1, 0.15) is 11.8 Å². The minimum absolute atomic E-state index is 0. The van der Waals surface area contributed by atoms with E-state index in [1.165, 1.54) is 5.56 Å². The Labute approximate surface area is 251 Å². The highest BCUT2D eigenvalue weighted by Crippen LogP contribution is 2.28. The maximum Gasteiger partial charge on any atom is 0.322 e. The number of urea groups is 1. The Balaban J connectivity index is 0.00000840. The molecule has 6 N–H and O–H groups in total. The number of aliphatic hydroxyl groups is 1. The third kappa shape index (κ3) is 11.4. The number of hydrogen-bond donors (Lipinski definition) is 5. The molecular weight excluding hydrogens is 548 g/mol. The van der Waals surface area contributed by atoms with E-state index in [-0.39, 0.29) is 49.2 Å². The Hall–Kier alpha value is -2.40. The predicted molar refractivity (Wildman–Crippen MR) is 162 cm³/mol. The molecule has 1 aliphatic rings. The van der Waals surface area contributed by atoms with Crippen molar-refractivity contribution in [1.29, 1.82) is 0 Å². The number of carbonyl (C=O) groups excluding carboxylic acids is 3. The lowest BCUT2D eigenvalue weighted by molar-refractivity contribution is -0.128. The molecule has 4 amide bonds. The average Bonchev–Trinajstić information content (AvgIpc) is 3.24. The van der Waals surface area contributed by atoms with Gasteiger partial charge in [0.05, 0.1) is 19.3 Å². The van der Waals surface area contributed by atoms with Gasteiger partial charge in [-0.1, -0.05) is 39.8 Å². The fraction of sp³-hybridized carbons (Fsp3) is 0.700. The fourth-order valence-electron chi connectivity index (χ4n) is 5.08. The summed E-state index contributed by atoms with van der Waals surface area (Å²) in [5.74, 6) is 0.166. The molecule has 1 heterocycles. The second-order valence-electron chi connectivity index (χ2n) is 11.8. The van der Waals surface area contributed by atoms with Crippen LogP contribution >= 0.6 is 12.4 Å². The zero-order valence-electron chi connectivity index (χ0n) is 25.6. The standard InChI is InChI=1S/C30H50N4O6.ClH/c1-17(2)22(13-20-9-11-27(40-7)21(12-20)10-8-19(5)39-6)14-24(31)26(35)15-23(18(3)4)28(36)32-16-25-29(37)34-30(38)33-25;/h9,11-12,17-19,22-26,35H,8,10,13-16,31H2,1-7H3,(H,32,36)(H2,33,34,37,38);1H/t19?,22-,23-,24-,25?,26-;/m0./s1. The van der Waals surface area contributed by atoms with E-state index in [4.69, 9.17) is 15.2 Å². The van der Waals surface area contributed by atoms with Crippen molar-refractivity contribution < 1.29 is 29.0 Å². The summed E-state index contributed by atoms with van der Waals surface area (Å²) in [7, 11) is 3.40. The van der Waals surface area contributed by atoms with E-state index < -0.39 is 36.0 Å². The van der Waals surface area contributed by atoms with Crippen molar-refractivity contribution in [2.45, 2.75) is 91.0 Å². The molecule has 1 aliphatic heterocycles. The SMILES string of the molecule is COc1ccc(C[C@@H](C[C@H](N)[C@@H](O)C[C@H](C(=O)NCC2NC(=O)NC2=O)C(C)C)C(C)C)cc1CCC(C)OC.Cl. The number of halogens is 1. The number of amides is 4. The summed E-state index contributed by atoms with van der Waals surface area (Å²) in [6, 6.07) is 4.43. The van der Waals surface area contributed by atoms with Gasteiger partial charge in [0.2, 0.25) is 5.91 Å². The van der Waals surface area contributed by atoms with Gasteiger partial charge in [-0.3, -0.25) is 14.9 Å². The number of benzene rings is 1. The van der Waals surface area contributed by atoms with Crippen LogP contribution in [-0.4, -0.2) is 68.0 Å². The van der Waals surface area contributed by atoms with E-state index in [2.05, 4.69) is 48.9 Å². The van der Waals surface area contributed by atoms with Gasteiger partial charge in [-0.05, 0) is 74.0 Å². The summed E-state index contributed by atoms with van der Waals surface area (Å²) in [6.07, 6.45) is 2.69. The van der Waals surface area contributed by atoms with Crippen molar-refractivity contribution in [3.63, 3.8) is 0 Å². The van der Waals surface area contributed by atoms with Crippen LogP contribution in [-0.2, 0) is 27.2 Å². The molecule has 234 valence electrons. The molecule has 0 aliphatic carbocycles. The number of aryl methyl sites for hydroxylation is 1. The molecule has 2 rings (SSSR count). The van der Waals surface area contributed by atoms with Crippen LogP contribution < -0.4 is 26.4 Å². The summed E-state index contributed by atoms with van der Waals surface area (Å²) < 4.78 is 11.0. The fourth-order valence-corrected chi connectivity index (χ4v) is 5.08. The lowest BCUT2D eigenvalue weighted by Crippen LogP contribution is -2.46. The van der Waals surface area contributed by atoms with Crippen LogP contribution in [0.2, 0.25) is 0 Å². The van der Waals surface area contributed by atoms with Gasteiger partial charge in [-0.15, -0.1) is 12.4 Å². The van der Waals surface area contributed by atoms with Crippen LogP contribution in [0.3, 0.4) is 0 Å². The van der Waals surface area contributed by atoms with Gasteiger partial charge < -0.3 is 30.9 Å². The predicted octanol–water partition coefficient (Wildman–Crippen LogP) is 2.96. The second kappa shape index (κ2) is 17.5. The molecule has 1 fully saturated rings. The highest BCUT2D eigenvalue weighted by molar-refractivity contribution is 6.04. The molecule has 1 aromatic carbocycles. The van der Waals surface area contributed by atoms with Crippen molar-refractivity contribution in [3.8, 4) is 5.75 Å². The number of hydrogen-bond acceptors (Lipinski definition) is 7. The van der Waals surface area contributed by atoms with Gasteiger partial charge in [0.15, 0.2) is 0 Å². The molecular formula is C30H51ClN4O6. The molecule has 0 spiro atoms. The van der Waals surface area contributed by atoms with Crippen LogP contribution in [0.15, 0.2) is 18.2 Å². The molecule has 1 aromatic rings. The first-order valence-corrected chi connectivity index (χ1v) is 14.4. The first-order chi connectivity index (χ1) is 18.9. The molecule has 2 unspecified atom stereocenters. The number of ether oxygens (including phenoxy) is 2. The number of methoxy groups -OCH3 is 2. The summed E-state index contributed by atoms with van der Waals surface area (Å²) in [5.41, 5.74) is 8.87. The van der Waals surface area contributed by atoms with Crippen LogP contribution in [0.5, 0.6) is 5.75 Å². The third-order valence-electron chi connectivity index (χ3n) is 8.05. The van der Waals surface area contributed by atoms with E-state index in [0.29, 0.717) is 12.3 Å². The first kappa shape index (κ1) is 36.6. The lowest BCUT2D eigenvalue weighted by atomic mass is 9.80. The lowest BCUT2D eigenvalue weighted by Gasteiger charge is -2.30. The van der Waals surface area contributed by atoms with Crippen LogP contribution in [0.1, 0.15) is 65.0 Å². The monoisotopic (exact) mass is 598 g/mol. The minimum atomic E-state index is -0.865. The van der Waals surface area contributed by atoms with Crippen molar-refractivity contribution in [2.24, 2.45) is 29.4 Å². The molecule has 0 bridgehead atoms. The van der Waals surface area contributed by atoms with Crippen molar-refractivity contribution in [3.05, 3.63) is 29.3 Å². The zero-order valence-corrected chi connectivity index (χ0v) is 26.4. The maximum absolute atomic E-state index is 12.9. The van der Waals surface area contributed by atoms with Crippen LogP contribution in [0, 0.1) is 23.7 Å². The topological polar surface area (TPSA) is 152 Å². The van der Waals surface area contributed by atoms with E-state index in [0.717, 1.165) is 30.6 Å². The van der Waals surface area contributed by atoms with Gasteiger partial charge >= 0.3 is 6.03 Å².